The van der Waals surface area contributed by atoms with Crippen LogP contribution in [0.3, 0.4) is 0 Å². The van der Waals surface area contributed by atoms with Crippen molar-refractivity contribution in [2.45, 2.75) is 11.8 Å². The molecule has 8 heteroatoms. The molecule has 1 aliphatic rings. The smallest absolute Gasteiger partial charge is 0.261 e. The molecule has 4 rings (SSSR count). The SMILES string of the molecule is Cc1ccccc1NS(=O)(=O)c1ccc(C(=O)Nc2ccccc2N2CCOCC2)cc1. The summed E-state index contributed by atoms with van der Waals surface area (Å²) >= 11 is 0. The van der Waals surface area contributed by atoms with E-state index in [9.17, 15) is 13.2 Å². The van der Waals surface area contributed by atoms with Gasteiger partial charge in [0.2, 0.25) is 0 Å². The molecule has 0 aromatic heterocycles. The lowest BCUT2D eigenvalue weighted by molar-refractivity contribution is 0.102. The van der Waals surface area contributed by atoms with E-state index in [0.717, 1.165) is 24.3 Å². The van der Waals surface area contributed by atoms with Crippen LogP contribution >= 0.6 is 0 Å². The van der Waals surface area contributed by atoms with Crippen molar-refractivity contribution in [3.05, 3.63) is 83.9 Å². The summed E-state index contributed by atoms with van der Waals surface area (Å²) in [4.78, 5) is 15.1. The molecule has 7 nitrogen and oxygen atoms in total. The molecule has 0 radical (unpaired) electrons. The molecule has 2 N–H and O–H groups in total. The highest BCUT2D eigenvalue weighted by Crippen LogP contribution is 2.27. The molecule has 0 saturated carbocycles. The van der Waals surface area contributed by atoms with Crippen molar-refractivity contribution in [1.29, 1.82) is 0 Å². The molecule has 3 aromatic rings. The zero-order valence-corrected chi connectivity index (χ0v) is 18.6. The van der Waals surface area contributed by atoms with Gasteiger partial charge in [0.1, 0.15) is 0 Å². The molecule has 1 heterocycles. The first-order valence-electron chi connectivity index (χ1n) is 10.4. The molecule has 1 fully saturated rings. The monoisotopic (exact) mass is 451 g/mol. The summed E-state index contributed by atoms with van der Waals surface area (Å²) in [6, 6.07) is 20.7. The molecular formula is C24H25N3O4S. The maximum absolute atomic E-state index is 12.8. The van der Waals surface area contributed by atoms with Gasteiger partial charge in [-0.3, -0.25) is 9.52 Å². The number of hydrogen-bond acceptors (Lipinski definition) is 5. The summed E-state index contributed by atoms with van der Waals surface area (Å²) in [6.45, 7) is 4.64. The van der Waals surface area contributed by atoms with Gasteiger partial charge in [-0.15, -0.1) is 0 Å². The van der Waals surface area contributed by atoms with E-state index in [-0.39, 0.29) is 10.8 Å². The number of nitrogens with one attached hydrogen (secondary N) is 2. The van der Waals surface area contributed by atoms with Crippen LogP contribution in [-0.4, -0.2) is 40.6 Å². The fraction of sp³-hybridized carbons (Fsp3) is 0.208. The zero-order valence-electron chi connectivity index (χ0n) is 17.7. The van der Waals surface area contributed by atoms with E-state index in [4.69, 9.17) is 4.74 Å². The Hall–Kier alpha value is -3.36. The molecule has 0 unspecified atom stereocenters. The highest BCUT2D eigenvalue weighted by Gasteiger charge is 2.18. The second-order valence-corrected chi connectivity index (χ2v) is 9.20. The summed E-state index contributed by atoms with van der Waals surface area (Å²) in [5, 5.41) is 2.94. The van der Waals surface area contributed by atoms with Gasteiger partial charge < -0.3 is 15.0 Å². The number of benzene rings is 3. The number of ether oxygens (including phenoxy) is 1. The summed E-state index contributed by atoms with van der Waals surface area (Å²) in [6.07, 6.45) is 0. The third kappa shape index (κ3) is 4.92. The van der Waals surface area contributed by atoms with Gasteiger partial charge in [0.05, 0.1) is 35.2 Å². The molecular weight excluding hydrogens is 426 g/mol. The molecule has 3 aromatic carbocycles. The van der Waals surface area contributed by atoms with Crippen molar-refractivity contribution in [2.75, 3.05) is 41.2 Å². The van der Waals surface area contributed by atoms with E-state index in [0.29, 0.717) is 30.2 Å². The number of para-hydroxylation sites is 3. The van der Waals surface area contributed by atoms with Crippen LogP contribution in [0, 0.1) is 6.92 Å². The molecule has 1 saturated heterocycles. The highest BCUT2D eigenvalue weighted by molar-refractivity contribution is 7.92. The summed E-state index contributed by atoms with van der Waals surface area (Å²) in [5.41, 5.74) is 3.36. The van der Waals surface area contributed by atoms with E-state index in [1.54, 1.807) is 12.1 Å². The Bertz CT molecular complexity index is 1200. The van der Waals surface area contributed by atoms with Gasteiger partial charge in [-0.05, 0) is 55.0 Å². The number of hydrogen-bond donors (Lipinski definition) is 2. The Morgan fingerprint density at radius 3 is 2.19 bits per heavy atom. The number of anilines is 3. The lowest BCUT2D eigenvalue weighted by Crippen LogP contribution is -2.36. The van der Waals surface area contributed by atoms with E-state index in [1.165, 1.54) is 24.3 Å². The first kappa shape index (κ1) is 21.9. The number of nitrogens with zero attached hydrogens (tertiary/aromatic N) is 1. The van der Waals surface area contributed by atoms with Crippen molar-refractivity contribution >= 4 is 33.0 Å². The maximum Gasteiger partial charge on any atom is 0.261 e. The molecule has 32 heavy (non-hydrogen) atoms. The lowest BCUT2D eigenvalue weighted by atomic mass is 10.2. The number of carbonyl (C=O) groups excluding carboxylic acids is 1. The number of morpholine rings is 1. The maximum atomic E-state index is 12.8. The van der Waals surface area contributed by atoms with Gasteiger partial charge >= 0.3 is 0 Å². The zero-order chi connectivity index (χ0) is 22.6. The highest BCUT2D eigenvalue weighted by atomic mass is 32.2. The minimum atomic E-state index is -3.76. The predicted molar refractivity (Wildman–Crippen MR) is 126 cm³/mol. The molecule has 166 valence electrons. The fourth-order valence-corrected chi connectivity index (χ4v) is 4.66. The molecule has 0 bridgehead atoms. The largest absolute Gasteiger partial charge is 0.378 e. The summed E-state index contributed by atoms with van der Waals surface area (Å²) in [7, 11) is -3.76. The lowest BCUT2D eigenvalue weighted by Gasteiger charge is -2.30. The van der Waals surface area contributed by atoms with Gasteiger partial charge in [0.15, 0.2) is 0 Å². The minimum Gasteiger partial charge on any atom is -0.378 e. The molecule has 0 spiro atoms. The van der Waals surface area contributed by atoms with Gasteiger partial charge in [0, 0.05) is 18.7 Å². The van der Waals surface area contributed by atoms with Crippen molar-refractivity contribution < 1.29 is 17.9 Å². The summed E-state index contributed by atoms with van der Waals surface area (Å²) < 4.78 is 33.4. The van der Waals surface area contributed by atoms with Crippen molar-refractivity contribution in [3.8, 4) is 0 Å². The van der Waals surface area contributed by atoms with Crippen molar-refractivity contribution in [1.82, 2.24) is 0 Å². The Balaban J connectivity index is 1.49. The summed E-state index contributed by atoms with van der Waals surface area (Å²) in [5.74, 6) is -0.304. The molecule has 1 amide bonds. The first-order chi connectivity index (χ1) is 15.4. The van der Waals surface area contributed by atoms with Crippen LogP contribution in [-0.2, 0) is 14.8 Å². The second-order valence-electron chi connectivity index (χ2n) is 7.52. The number of rotatable bonds is 6. The number of amides is 1. The minimum absolute atomic E-state index is 0.0889. The fourth-order valence-electron chi connectivity index (χ4n) is 3.53. The molecule has 0 atom stereocenters. The third-order valence-electron chi connectivity index (χ3n) is 5.32. The van der Waals surface area contributed by atoms with E-state index in [1.807, 2.05) is 43.3 Å². The quantitative estimate of drug-likeness (QED) is 0.594. The van der Waals surface area contributed by atoms with Crippen molar-refractivity contribution in [3.63, 3.8) is 0 Å². The van der Waals surface area contributed by atoms with Crippen LogP contribution in [0.1, 0.15) is 15.9 Å². The Kier molecular flexibility index (Phi) is 6.43. The van der Waals surface area contributed by atoms with E-state index >= 15 is 0 Å². The number of carbonyl (C=O) groups is 1. The van der Waals surface area contributed by atoms with Crippen LogP contribution in [0.4, 0.5) is 17.1 Å². The first-order valence-corrected chi connectivity index (χ1v) is 11.8. The second kappa shape index (κ2) is 9.42. The Morgan fingerprint density at radius 1 is 0.875 bits per heavy atom. The Labute approximate surface area is 188 Å². The standard InChI is InChI=1S/C24H25N3O4S/c1-18-6-2-3-7-21(18)26-32(29,30)20-12-10-19(11-13-20)24(28)25-22-8-4-5-9-23(22)27-14-16-31-17-15-27/h2-13,26H,14-17H2,1H3,(H,25,28). The number of aryl methyl sites for hydroxylation is 1. The van der Waals surface area contributed by atoms with E-state index in [2.05, 4.69) is 14.9 Å². The van der Waals surface area contributed by atoms with Crippen molar-refractivity contribution in [2.24, 2.45) is 0 Å². The van der Waals surface area contributed by atoms with E-state index < -0.39 is 10.0 Å². The average molecular weight is 452 g/mol. The van der Waals surface area contributed by atoms with Gasteiger partial charge in [-0.1, -0.05) is 30.3 Å². The van der Waals surface area contributed by atoms with Gasteiger partial charge in [-0.25, -0.2) is 8.42 Å². The predicted octanol–water partition coefficient (Wildman–Crippen LogP) is 3.88. The van der Waals surface area contributed by atoms with Crippen LogP contribution < -0.4 is 14.9 Å². The molecule has 1 aliphatic heterocycles. The van der Waals surface area contributed by atoms with Crippen LogP contribution in [0.25, 0.3) is 0 Å². The molecule has 0 aliphatic carbocycles. The van der Waals surface area contributed by atoms with Gasteiger partial charge in [-0.2, -0.15) is 0 Å². The Morgan fingerprint density at radius 2 is 1.50 bits per heavy atom. The average Bonchev–Trinajstić information content (AvgIpc) is 2.81. The van der Waals surface area contributed by atoms with Crippen LogP contribution in [0.15, 0.2) is 77.7 Å². The number of sulfonamides is 1. The van der Waals surface area contributed by atoms with Crippen LogP contribution in [0.2, 0.25) is 0 Å². The third-order valence-corrected chi connectivity index (χ3v) is 6.70. The normalized spacial score (nSPS) is 14.1. The topological polar surface area (TPSA) is 87.7 Å². The van der Waals surface area contributed by atoms with Gasteiger partial charge in [0.25, 0.3) is 15.9 Å². The van der Waals surface area contributed by atoms with Crippen LogP contribution in [0.5, 0.6) is 0 Å².